The summed E-state index contributed by atoms with van der Waals surface area (Å²) in [4.78, 5) is 19.4. The molecule has 2 heterocycles. The van der Waals surface area contributed by atoms with Gasteiger partial charge >= 0.3 is 5.97 Å². The van der Waals surface area contributed by atoms with Crippen molar-refractivity contribution in [2.75, 3.05) is 13.7 Å². The average Bonchev–Trinajstić information content (AvgIpc) is 2.90. The van der Waals surface area contributed by atoms with E-state index in [1.165, 1.54) is 20.0 Å². The van der Waals surface area contributed by atoms with Crippen molar-refractivity contribution in [1.29, 1.82) is 0 Å². The lowest BCUT2D eigenvalue weighted by Gasteiger charge is -2.21. The molecule has 1 aliphatic heterocycles. The number of esters is 1. The predicted octanol–water partition coefficient (Wildman–Crippen LogP) is 2.16. The number of ether oxygens (including phenoxy) is 1. The first kappa shape index (κ1) is 12.2. The monoisotopic (exact) mass is 259 g/mol. The maximum atomic E-state index is 11.5. The third-order valence-electron chi connectivity index (χ3n) is 3.56. The Morgan fingerprint density at radius 3 is 3.05 bits per heavy atom. The van der Waals surface area contributed by atoms with Gasteiger partial charge in [0.15, 0.2) is 0 Å². The molecule has 1 unspecified atom stereocenters. The van der Waals surface area contributed by atoms with Crippen LogP contribution >= 0.6 is 0 Å². The lowest BCUT2D eigenvalue weighted by atomic mass is 10.0. The van der Waals surface area contributed by atoms with Crippen molar-refractivity contribution in [2.24, 2.45) is 0 Å². The molecule has 1 aliphatic rings. The number of benzene rings is 1. The van der Waals surface area contributed by atoms with Gasteiger partial charge in [-0.05, 0) is 37.6 Å². The average molecular weight is 259 g/mol. The number of aromatic nitrogens is 2. The molecule has 19 heavy (non-hydrogen) atoms. The Balaban J connectivity index is 1.93. The van der Waals surface area contributed by atoms with Crippen molar-refractivity contribution in [3.8, 4) is 0 Å². The summed E-state index contributed by atoms with van der Waals surface area (Å²) in [5, 5.41) is 3.46. The maximum Gasteiger partial charge on any atom is 0.337 e. The standard InChI is InChI=1S/C14H17N3O2/c1-19-14(18)9-5-6-10-12(8-9)17-13(16-10)11-4-2-3-7-15-11/h5-6,8,11,15H,2-4,7H2,1H3,(H,16,17). The molecule has 1 aromatic heterocycles. The second kappa shape index (κ2) is 5.01. The summed E-state index contributed by atoms with van der Waals surface area (Å²) in [7, 11) is 1.39. The molecule has 100 valence electrons. The molecule has 1 aromatic carbocycles. The van der Waals surface area contributed by atoms with Gasteiger partial charge in [-0.1, -0.05) is 6.42 Å². The molecule has 0 amide bonds. The molecule has 0 spiro atoms. The van der Waals surface area contributed by atoms with Crippen molar-refractivity contribution >= 4 is 17.0 Å². The minimum absolute atomic E-state index is 0.294. The van der Waals surface area contributed by atoms with Crippen molar-refractivity contribution in [3.05, 3.63) is 29.6 Å². The number of fused-ring (bicyclic) bond motifs is 1. The number of aromatic amines is 1. The highest BCUT2D eigenvalue weighted by Crippen LogP contribution is 2.23. The van der Waals surface area contributed by atoms with E-state index in [2.05, 4.69) is 15.3 Å². The molecular formula is C14H17N3O2. The quantitative estimate of drug-likeness (QED) is 0.811. The van der Waals surface area contributed by atoms with Crippen molar-refractivity contribution in [2.45, 2.75) is 25.3 Å². The summed E-state index contributed by atoms with van der Waals surface area (Å²) in [5.41, 5.74) is 2.31. The van der Waals surface area contributed by atoms with E-state index in [0.717, 1.165) is 29.8 Å². The zero-order valence-corrected chi connectivity index (χ0v) is 10.9. The van der Waals surface area contributed by atoms with Crippen LogP contribution in [0, 0.1) is 0 Å². The van der Waals surface area contributed by atoms with Crippen LogP contribution in [0.25, 0.3) is 11.0 Å². The fraction of sp³-hybridized carbons (Fsp3) is 0.429. The largest absolute Gasteiger partial charge is 0.465 e. The van der Waals surface area contributed by atoms with Gasteiger partial charge < -0.3 is 15.0 Å². The first-order valence-electron chi connectivity index (χ1n) is 6.59. The number of rotatable bonds is 2. The second-order valence-corrected chi connectivity index (χ2v) is 4.85. The normalized spacial score (nSPS) is 19.5. The Labute approximate surface area is 111 Å². The topological polar surface area (TPSA) is 67.0 Å². The SMILES string of the molecule is COC(=O)c1ccc2nc(C3CCCCN3)[nH]c2c1. The highest BCUT2D eigenvalue weighted by atomic mass is 16.5. The van der Waals surface area contributed by atoms with Gasteiger partial charge in [-0.2, -0.15) is 0 Å². The molecule has 1 atom stereocenters. The number of carbonyl (C=O) groups is 1. The molecule has 1 saturated heterocycles. The molecule has 1 fully saturated rings. The number of piperidine rings is 1. The minimum atomic E-state index is -0.325. The number of imidazole rings is 1. The number of H-pyrrole nitrogens is 1. The van der Waals surface area contributed by atoms with Crippen LogP contribution in [-0.2, 0) is 4.74 Å². The predicted molar refractivity (Wildman–Crippen MR) is 72.0 cm³/mol. The van der Waals surface area contributed by atoms with Gasteiger partial charge in [-0.3, -0.25) is 0 Å². The molecule has 0 radical (unpaired) electrons. The van der Waals surface area contributed by atoms with Crippen LogP contribution in [0.15, 0.2) is 18.2 Å². The first-order valence-corrected chi connectivity index (χ1v) is 6.59. The molecule has 5 heteroatoms. The van der Waals surface area contributed by atoms with Gasteiger partial charge in [0.2, 0.25) is 0 Å². The zero-order chi connectivity index (χ0) is 13.2. The van der Waals surface area contributed by atoms with Crippen molar-refractivity contribution in [1.82, 2.24) is 15.3 Å². The van der Waals surface area contributed by atoms with E-state index >= 15 is 0 Å². The smallest absolute Gasteiger partial charge is 0.337 e. The second-order valence-electron chi connectivity index (χ2n) is 4.85. The number of hydrogen-bond acceptors (Lipinski definition) is 4. The molecule has 0 saturated carbocycles. The molecule has 2 aromatic rings. The van der Waals surface area contributed by atoms with Crippen LogP contribution in [0.3, 0.4) is 0 Å². The lowest BCUT2D eigenvalue weighted by Crippen LogP contribution is -2.27. The Bertz CT molecular complexity index is 600. The number of hydrogen-bond donors (Lipinski definition) is 2. The van der Waals surface area contributed by atoms with E-state index in [-0.39, 0.29) is 5.97 Å². The first-order chi connectivity index (χ1) is 9.28. The van der Waals surface area contributed by atoms with E-state index in [4.69, 9.17) is 4.74 Å². The Kier molecular flexibility index (Phi) is 3.21. The van der Waals surface area contributed by atoms with E-state index < -0.39 is 0 Å². The maximum absolute atomic E-state index is 11.5. The van der Waals surface area contributed by atoms with E-state index in [0.29, 0.717) is 11.6 Å². The molecule has 0 bridgehead atoms. The minimum Gasteiger partial charge on any atom is -0.465 e. The fourth-order valence-corrected chi connectivity index (χ4v) is 2.52. The van der Waals surface area contributed by atoms with Gasteiger partial charge in [0.25, 0.3) is 0 Å². The fourth-order valence-electron chi connectivity index (χ4n) is 2.52. The third-order valence-corrected chi connectivity index (χ3v) is 3.56. The summed E-state index contributed by atoms with van der Waals surface area (Å²) >= 11 is 0. The van der Waals surface area contributed by atoms with E-state index in [1.807, 2.05) is 6.07 Å². The zero-order valence-electron chi connectivity index (χ0n) is 10.9. The third kappa shape index (κ3) is 2.33. The number of nitrogens with one attached hydrogen (secondary N) is 2. The van der Waals surface area contributed by atoms with E-state index in [9.17, 15) is 4.79 Å². The summed E-state index contributed by atoms with van der Waals surface area (Å²) in [6, 6.07) is 5.68. The molecule has 0 aliphatic carbocycles. The number of carbonyl (C=O) groups excluding carboxylic acids is 1. The summed E-state index contributed by atoms with van der Waals surface area (Å²) in [6.07, 6.45) is 3.55. The van der Waals surface area contributed by atoms with Gasteiger partial charge in [0, 0.05) is 0 Å². The molecule has 2 N–H and O–H groups in total. The molecule has 5 nitrogen and oxygen atoms in total. The van der Waals surface area contributed by atoms with Crippen LogP contribution in [0.2, 0.25) is 0 Å². The van der Waals surface area contributed by atoms with Gasteiger partial charge in [-0.25, -0.2) is 9.78 Å². The van der Waals surface area contributed by atoms with Gasteiger partial charge in [-0.15, -0.1) is 0 Å². The van der Waals surface area contributed by atoms with Crippen LogP contribution in [0.5, 0.6) is 0 Å². The number of nitrogens with zero attached hydrogens (tertiary/aromatic N) is 1. The highest BCUT2D eigenvalue weighted by molar-refractivity contribution is 5.93. The Morgan fingerprint density at radius 2 is 2.32 bits per heavy atom. The van der Waals surface area contributed by atoms with Crippen molar-refractivity contribution < 1.29 is 9.53 Å². The lowest BCUT2D eigenvalue weighted by molar-refractivity contribution is 0.0601. The van der Waals surface area contributed by atoms with Crippen LogP contribution < -0.4 is 5.32 Å². The van der Waals surface area contributed by atoms with Crippen molar-refractivity contribution in [3.63, 3.8) is 0 Å². The molecular weight excluding hydrogens is 242 g/mol. The van der Waals surface area contributed by atoms with Crippen LogP contribution in [-0.4, -0.2) is 29.6 Å². The van der Waals surface area contributed by atoms with Crippen LogP contribution in [0.4, 0.5) is 0 Å². The van der Waals surface area contributed by atoms with Gasteiger partial charge in [0.1, 0.15) is 5.82 Å². The summed E-state index contributed by atoms with van der Waals surface area (Å²) < 4.78 is 4.72. The Morgan fingerprint density at radius 1 is 1.42 bits per heavy atom. The Hall–Kier alpha value is -1.88. The van der Waals surface area contributed by atoms with E-state index in [1.54, 1.807) is 12.1 Å². The summed E-state index contributed by atoms with van der Waals surface area (Å²) in [6.45, 7) is 1.04. The van der Waals surface area contributed by atoms with Crippen LogP contribution in [0.1, 0.15) is 41.5 Å². The van der Waals surface area contributed by atoms with Gasteiger partial charge in [0.05, 0.1) is 29.7 Å². The highest BCUT2D eigenvalue weighted by Gasteiger charge is 2.18. The summed E-state index contributed by atoms with van der Waals surface area (Å²) in [5.74, 6) is 0.630. The number of methoxy groups -OCH3 is 1. The molecule has 3 rings (SSSR count).